The molecule has 0 spiro atoms. The molecule has 1 aliphatic rings. The van der Waals surface area contributed by atoms with E-state index in [1.54, 1.807) is 14.2 Å². The molecule has 1 aromatic rings. The molecule has 6 heteroatoms. The highest BCUT2D eigenvalue weighted by atomic mass is 16.5. The van der Waals surface area contributed by atoms with Crippen molar-refractivity contribution in [3.8, 4) is 12.0 Å². The molecule has 0 N–H and O–H groups in total. The fourth-order valence-corrected chi connectivity index (χ4v) is 2.19. The Labute approximate surface area is 107 Å². The first-order chi connectivity index (χ1) is 8.74. The number of ether oxygens (including phenoxy) is 2. The van der Waals surface area contributed by atoms with E-state index < -0.39 is 0 Å². The second kappa shape index (κ2) is 5.95. The zero-order chi connectivity index (χ0) is 13.0. The molecule has 1 fully saturated rings. The van der Waals surface area contributed by atoms with E-state index in [1.807, 2.05) is 0 Å². The zero-order valence-corrected chi connectivity index (χ0v) is 11.2. The number of nitrogens with zero attached hydrogens (tertiary/aromatic N) is 4. The van der Waals surface area contributed by atoms with E-state index in [2.05, 4.69) is 26.8 Å². The summed E-state index contributed by atoms with van der Waals surface area (Å²) < 4.78 is 10.1. The summed E-state index contributed by atoms with van der Waals surface area (Å²) in [5, 5.41) is 0. The topological polar surface area (TPSA) is 60.4 Å². The number of rotatable bonds is 4. The van der Waals surface area contributed by atoms with Crippen molar-refractivity contribution in [1.29, 1.82) is 0 Å². The molecule has 0 saturated carbocycles. The molecule has 0 amide bonds. The molecular weight excluding hydrogens is 232 g/mol. The third kappa shape index (κ3) is 2.87. The highest BCUT2D eigenvalue weighted by Crippen LogP contribution is 2.23. The van der Waals surface area contributed by atoms with Gasteiger partial charge in [-0.05, 0) is 32.9 Å². The maximum Gasteiger partial charge on any atom is 0.322 e. The van der Waals surface area contributed by atoms with E-state index in [0.717, 1.165) is 13.1 Å². The van der Waals surface area contributed by atoms with Gasteiger partial charge in [0.25, 0.3) is 0 Å². The maximum atomic E-state index is 5.07. The van der Waals surface area contributed by atoms with E-state index in [-0.39, 0.29) is 6.04 Å². The van der Waals surface area contributed by atoms with Gasteiger partial charge in [0, 0.05) is 0 Å². The van der Waals surface area contributed by atoms with Crippen LogP contribution in [0.25, 0.3) is 0 Å². The molecule has 100 valence electrons. The summed E-state index contributed by atoms with van der Waals surface area (Å²) in [6.07, 6.45) is 3.79. The quantitative estimate of drug-likeness (QED) is 0.808. The Balaban J connectivity index is 2.19. The second-order valence-corrected chi connectivity index (χ2v) is 4.44. The van der Waals surface area contributed by atoms with Crippen LogP contribution in [0.3, 0.4) is 0 Å². The van der Waals surface area contributed by atoms with Crippen molar-refractivity contribution in [2.24, 2.45) is 0 Å². The number of aromatic nitrogens is 3. The van der Waals surface area contributed by atoms with Crippen LogP contribution in [0.4, 0.5) is 0 Å². The van der Waals surface area contributed by atoms with Crippen LogP contribution in [0.15, 0.2) is 0 Å². The molecule has 1 unspecified atom stereocenters. The minimum atomic E-state index is 0.163. The number of likely N-dealkylation sites (tertiary alicyclic amines) is 1. The van der Waals surface area contributed by atoms with Crippen molar-refractivity contribution in [1.82, 2.24) is 19.9 Å². The minimum Gasteiger partial charge on any atom is -0.467 e. The summed E-state index contributed by atoms with van der Waals surface area (Å²) in [5.41, 5.74) is 0. The average molecular weight is 252 g/mol. The molecule has 0 bridgehead atoms. The first-order valence-corrected chi connectivity index (χ1v) is 6.32. The lowest BCUT2D eigenvalue weighted by Crippen LogP contribution is -2.33. The average Bonchev–Trinajstić information content (AvgIpc) is 2.46. The molecule has 0 radical (unpaired) electrons. The highest BCUT2D eigenvalue weighted by Gasteiger charge is 2.22. The van der Waals surface area contributed by atoms with Crippen LogP contribution in [0.1, 0.15) is 38.1 Å². The lowest BCUT2D eigenvalue weighted by Gasteiger charge is -2.31. The first kappa shape index (κ1) is 13.0. The van der Waals surface area contributed by atoms with Crippen LogP contribution in [0.5, 0.6) is 12.0 Å². The van der Waals surface area contributed by atoms with Crippen molar-refractivity contribution < 1.29 is 9.47 Å². The summed E-state index contributed by atoms with van der Waals surface area (Å²) in [6, 6.07) is 0.775. The minimum absolute atomic E-state index is 0.163. The van der Waals surface area contributed by atoms with E-state index in [9.17, 15) is 0 Å². The zero-order valence-electron chi connectivity index (χ0n) is 11.2. The smallest absolute Gasteiger partial charge is 0.322 e. The van der Waals surface area contributed by atoms with E-state index in [0.29, 0.717) is 17.8 Å². The van der Waals surface area contributed by atoms with Gasteiger partial charge < -0.3 is 9.47 Å². The van der Waals surface area contributed by atoms with Crippen LogP contribution >= 0.6 is 0 Å². The number of methoxy groups -OCH3 is 2. The van der Waals surface area contributed by atoms with Gasteiger partial charge in [0.1, 0.15) is 0 Å². The van der Waals surface area contributed by atoms with Crippen LogP contribution in [0, 0.1) is 0 Å². The van der Waals surface area contributed by atoms with Crippen LogP contribution in [-0.2, 0) is 0 Å². The van der Waals surface area contributed by atoms with Gasteiger partial charge in [-0.25, -0.2) is 0 Å². The lowest BCUT2D eigenvalue weighted by molar-refractivity contribution is 0.166. The Bertz CT molecular complexity index is 371. The lowest BCUT2D eigenvalue weighted by atomic mass is 10.1. The SMILES string of the molecule is COc1nc(OC)nc(C(C)N2CCCCC2)n1. The van der Waals surface area contributed by atoms with E-state index >= 15 is 0 Å². The normalized spacial score (nSPS) is 18.4. The molecule has 1 aliphatic heterocycles. The highest BCUT2D eigenvalue weighted by molar-refractivity contribution is 5.08. The molecule has 1 saturated heterocycles. The first-order valence-electron chi connectivity index (χ1n) is 6.32. The molecular formula is C12H20N4O2. The molecule has 2 rings (SSSR count). The summed E-state index contributed by atoms with van der Waals surface area (Å²) in [4.78, 5) is 15.0. The summed E-state index contributed by atoms with van der Waals surface area (Å²) in [6.45, 7) is 4.30. The fraction of sp³-hybridized carbons (Fsp3) is 0.750. The van der Waals surface area contributed by atoms with Gasteiger partial charge >= 0.3 is 12.0 Å². The number of hydrogen-bond donors (Lipinski definition) is 0. The predicted molar refractivity (Wildman–Crippen MR) is 66.8 cm³/mol. The Hall–Kier alpha value is -1.43. The van der Waals surface area contributed by atoms with Crippen molar-refractivity contribution in [3.05, 3.63) is 5.82 Å². The standard InChI is InChI=1S/C12H20N4O2/c1-9(16-7-5-4-6-8-16)10-13-11(17-2)15-12(14-10)18-3/h9H,4-8H2,1-3H3. The Morgan fingerprint density at radius 2 is 1.50 bits per heavy atom. The molecule has 1 aromatic heterocycles. The second-order valence-electron chi connectivity index (χ2n) is 4.44. The fourth-order valence-electron chi connectivity index (χ4n) is 2.19. The Morgan fingerprint density at radius 3 is 2.00 bits per heavy atom. The Morgan fingerprint density at radius 1 is 0.944 bits per heavy atom. The van der Waals surface area contributed by atoms with Crippen LogP contribution in [-0.4, -0.2) is 47.2 Å². The molecule has 0 aliphatic carbocycles. The predicted octanol–water partition coefficient (Wildman–Crippen LogP) is 1.44. The summed E-state index contributed by atoms with van der Waals surface area (Å²) >= 11 is 0. The molecule has 18 heavy (non-hydrogen) atoms. The summed E-state index contributed by atoms with van der Waals surface area (Å²) in [5.74, 6) is 0.709. The largest absolute Gasteiger partial charge is 0.467 e. The van der Waals surface area contributed by atoms with Gasteiger partial charge in [0.15, 0.2) is 5.82 Å². The molecule has 2 heterocycles. The molecule has 1 atom stereocenters. The van der Waals surface area contributed by atoms with Gasteiger partial charge in [0.2, 0.25) is 0 Å². The monoisotopic (exact) mass is 252 g/mol. The van der Waals surface area contributed by atoms with Gasteiger partial charge in [0.05, 0.1) is 20.3 Å². The van der Waals surface area contributed by atoms with E-state index in [1.165, 1.54) is 19.3 Å². The third-order valence-corrected chi connectivity index (χ3v) is 3.29. The van der Waals surface area contributed by atoms with Crippen molar-refractivity contribution in [2.45, 2.75) is 32.2 Å². The van der Waals surface area contributed by atoms with Crippen LogP contribution in [0.2, 0.25) is 0 Å². The third-order valence-electron chi connectivity index (χ3n) is 3.29. The van der Waals surface area contributed by atoms with Gasteiger partial charge in [-0.2, -0.15) is 9.97 Å². The molecule has 6 nitrogen and oxygen atoms in total. The number of piperidine rings is 1. The maximum absolute atomic E-state index is 5.07. The van der Waals surface area contributed by atoms with Crippen molar-refractivity contribution >= 4 is 0 Å². The van der Waals surface area contributed by atoms with E-state index in [4.69, 9.17) is 9.47 Å². The van der Waals surface area contributed by atoms with Gasteiger partial charge in [-0.3, -0.25) is 4.90 Å². The molecule has 0 aromatic carbocycles. The Kier molecular flexibility index (Phi) is 4.30. The van der Waals surface area contributed by atoms with Gasteiger partial charge in [-0.15, -0.1) is 4.98 Å². The van der Waals surface area contributed by atoms with Crippen molar-refractivity contribution in [3.63, 3.8) is 0 Å². The summed E-state index contributed by atoms with van der Waals surface area (Å²) in [7, 11) is 3.09. The van der Waals surface area contributed by atoms with Crippen LogP contribution < -0.4 is 9.47 Å². The van der Waals surface area contributed by atoms with Crippen molar-refractivity contribution in [2.75, 3.05) is 27.3 Å². The van der Waals surface area contributed by atoms with Gasteiger partial charge in [-0.1, -0.05) is 6.42 Å². The number of hydrogen-bond acceptors (Lipinski definition) is 6.